The van der Waals surface area contributed by atoms with Gasteiger partial charge in [-0.05, 0) is 6.42 Å². The van der Waals surface area contributed by atoms with Crippen LogP contribution in [-0.4, -0.2) is 11.0 Å². The van der Waals surface area contributed by atoms with Crippen molar-refractivity contribution in [3.05, 3.63) is 12.2 Å². The summed E-state index contributed by atoms with van der Waals surface area (Å²) >= 11 is 4.99. The molecule has 0 fully saturated rings. The molecule has 1 aliphatic rings. The van der Waals surface area contributed by atoms with Crippen molar-refractivity contribution in [1.29, 1.82) is 0 Å². The van der Waals surface area contributed by atoms with Crippen LogP contribution in [0.25, 0.3) is 0 Å². The smallest absolute Gasteiger partial charge is 0.0796 e. The van der Waals surface area contributed by atoms with Gasteiger partial charge in [0.15, 0.2) is 0 Å². The standard InChI is InChI=1S/C7H11NS/c1-2-6-4-3-5-7(9)8-6/h3-4,6H,2,5H2,1H3,(H,8,9). The number of rotatable bonds is 1. The fourth-order valence-corrected chi connectivity index (χ4v) is 1.14. The zero-order chi connectivity index (χ0) is 6.69. The third-order valence-corrected chi connectivity index (χ3v) is 1.74. The molecule has 2 heteroatoms. The largest absolute Gasteiger partial charge is 0.373 e. The van der Waals surface area contributed by atoms with Crippen molar-refractivity contribution < 1.29 is 0 Å². The number of thiocarbonyl (C=S) groups is 1. The van der Waals surface area contributed by atoms with E-state index in [1.54, 1.807) is 0 Å². The first-order valence-electron chi connectivity index (χ1n) is 3.29. The summed E-state index contributed by atoms with van der Waals surface area (Å²) in [5.74, 6) is 0. The molecular formula is C7H11NS. The molecule has 0 saturated heterocycles. The van der Waals surface area contributed by atoms with Crippen LogP contribution in [0.1, 0.15) is 19.8 Å². The van der Waals surface area contributed by atoms with Gasteiger partial charge in [0.2, 0.25) is 0 Å². The minimum absolute atomic E-state index is 0.492. The van der Waals surface area contributed by atoms with E-state index in [2.05, 4.69) is 24.4 Å². The lowest BCUT2D eigenvalue weighted by atomic mass is 10.1. The Morgan fingerprint density at radius 2 is 2.67 bits per heavy atom. The molecule has 0 aromatic rings. The predicted octanol–water partition coefficient (Wildman–Crippen LogP) is 1.64. The van der Waals surface area contributed by atoms with Gasteiger partial charge in [-0.3, -0.25) is 0 Å². The number of nitrogens with one attached hydrogen (secondary N) is 1. The van der Waals surface area contributed by atoms with Crippen LogP contribution in [0.2, 0.25) is 0 Å². The lowest BCUT2D eigenvalue weighted by Crippen LogP contribution is -2.33. The van der Waals surface area contributed by atoms with E-state index in [0.717, 1.165) is 17.8 Å². The van der Waals surface area contributed by atoms with Crippen LogP contribution >= 0.6 is 12.2 Å². The highest BCUT2D eigenvalue weighted by Crippen LogP contribution is 2.02. The Bertz CT molecular complexity index is 140. The molecule has 0 bridgehead atoms. The van der Waals surface area contributed by atoms with Gasteiger partial charge in [-0.2, -0.15) is 0 Å². The summed E-state index contributed by atoms with van der Waals surface area (Å²) in [4.78, 5) is 0.976. The third-order valence-electron chi connectivity index (χ3n) is 1.46. The summed E-state index contributed by atoms with van der Waals surface area (Å²) in [6.45, 7) is 2.15. The Balaban J connectivity index is 2.49. The molecule has 0 amide bonds. The van der Waals surface area contributed by atoms with E-state index in [1.807, 2.05) is 0 Å². The monoisotopic (exact) mass is 141 g/mol. The molecule has 1 nitrogen and oxygen atoms in total. The van der Waals surface area contributed by atoms with Crippen molar-refractivity contribution in [2.45, 2.75) is 25.8 Å². The first-order valence-corrected chi connectivity index (χ1v) is 3.69. The second-order valence-electron chi connectivity index (χ2n) is 2.21. The first-order chi connectivity index (χ1) is 4.33. The molecule has 1 unspecified atom stereocenters. The Morgan fingerprint density at radius 1 is 1.89 bits per heavy atom. The van der Waals surface area contributed by atoms with Crippen molar-refractivity contribution >= 4 is 17.2 Å². The van der Waals surface area contributed by atoms with Crippen LogP contribution < -0.4 is 5.32 Å². The molecule has 1 aliphatic heterocycles. The molecule has 1 N–H and O–H groups in total. The third kappa shape index (κ3) is 1.79. The van der Waals surface area contributed by atoms with Crippen molar-refractivity contribution in [2.24, 2.45) is 0 Å². The van der Waals surface area contributed by atoms with Gasteiger partial charge in [0, 0.05) is 12.5 Å². The number of hydrogen-bond acceptors (Lipinski definition) is 1. The molecule has 9 heavy (non-hydrogen) atoms. The summed E-state index contributed by atoms with van der Waals surface area (Å²) in [5.41, 5.74) is 0. The average Bonchev–Trinajstić information content (AvgIpc) is 1.88. The topological polar surface area (TPSA) is 12.0 Å². The van der Waals surface area contributed by atoms with Gasteiger partial charge in [0.25, 0.3) is 0 Å². The van der Waals surface area contributed by atoms with Crippen LogP contribution in [-0.2, 0) is 0 Å². The van der Waals surface area contributed by atoms with Crippen LogP contribution in [0, 0.1) is 0 Å². The van der Waals surface area contributed by atoms with Gasteiger partial charge in [-0.1, -0.05) is 31.3 Å². The van der Waals surface area contributed by atoms with E-state index in [9.17, 15) is 0 Å². The van der Waals surface area contributed by atoms with E-state index in [4.69, 9.17) is 12.2 Å². The van der Waals surface area contributed by atoms with Crippen molar-refractivity contribution in [3.8, 4) is 0 Å². The molecule has 1 rings (SSSR count). The lowest BCUT2D eigenvalue weighted by Gasteiger charge is -2.17. The van der Waals surface area contributed by atoms with E-state index < -0.39 is 0 Å². The SMILES string of the molecule is CCC1C=CCC(=S)N1. The molecule has 0 aromatic heterocycles. The molecule has 0 aliphatic carbocycles. The molecule has 0 aromatic carbocycles. The van der Waals surface area contributed by atoms with E-state index in [0.29, 0.717) is 6.04 Å². The van der Waals surface area contributed by atoms with Crippen LogP contribution in [0.5, 0.6) is 0 Å². The summed E-state index contributed by atoms with van der Waals surface area (Å²) < 4.78 is 0. The maximum atomic E-state index is 4.99. The van der Waals surface area contributed by atoms with Crippen LogP contribution in [0.3, 0.4) is 0 Å². The van der Waals surface area contributed by atoms with Crippen LogP contribution in [0.4, 0.5) is 0 Å². The molecular weight excluding hydrogens is 130 g/mol. The fraction of sp³-hybridized carbons (Fsp3) is 0.571. The van der Waals surface area contributed by atoms with Crippen molar-refractivity contribution in [3.63, 3.8) is 0 Å². The minimum Gasteiger partial charge on any atom is -0.373 e. The molecule has 1 atom stereocenters. The molecule has 0 radical (unpaired) electrons. The highest BCUT2D eigenvalue weighted by atomic mass is 32.1. The van der Waals surface area contributed by atoms with Gasteiger partial charge in [0.05, 0.1) is 4.99 Å². The molecule has 0 saturated carbocycles. The van der Waals surface area contributed by atoms with Crippen molar-refractivity contribution in [2.75, 3.05) is 0 Å². The zero-order valence-electron chi connectivity index (χ0n) is 5.55. The van der Waals surface area contributed by atoms with Gasteiger partial charge >= 0.3 is 0 Å². The first kappa shape index (κ1) is 6.75. The Labute approximate surface area is 61.1 Å². The van der Waals surface area contributed by atoms with Gasteiger partial charge in [0.1, 0.15) is 0 Å². The lowest BCUT2D eigenvalue weighted by molar-refractivity contribution is 0.691. The second-order valence-corrected chi connectivity index (χ2v) is 2.71. The second kappa shape index (κ2) is 2.97. The quantitative estimate of drug-likeness (QED) is 0.440. The maximum absolute atomic E-state index is 4.99. The zero-order valence-corrected chi connectivity index (χ0v) is 6.37. The molecule has 0 spiro atoms. The van der Waals surface area contributed by atoms with Gasteiger partial charge in [-0.15, -0.1) is 0 Å². The maximum Gasteiger partial charge on any atom is 0.0796 e. The van der Waals surface area contributed by atoms with E-state index in [1.165, 1.54) is 0 Å². The highest BCUT2D eigenvalue weighted by molar-refractivity contribution is 7.80. The highest BCUT2D eigenvalue weighted by Gasteiger charge is 2.06. The minimum atomic E-state index is 0.492. The normalized spacial score (nSPS) is 25.9. The van der Waals surface area contributed by atoms with E-state index >= 15 is 0 Å². The Morgan fingerprint density at radius 3 is 3.11 bits per heavy atom. The van der Waals surface area contributed by atoms with Crippen LogP contribution in [0.15, 0.2) is 12.2 Å². The molecule has 1 heterocycles. The Kier molecular flexibility index (Phi) is 2.22. The average molecular weight is 141 g/mol. The summed E-state index contributed by atoms with van der Waals surface area (Å²) in [6.07, 6.45) is 6.35. The van der Waals surface area contributed by atoms with Crippen molar-refractivity contribution in [1.82, 2.24) is 5.32 Å². The van der Waals surface area contributed by atoms with Gasteiger partial charge < -0.3 is 5.32 Å². The predicted molar refractivity (Wildman–Crippen MR) is 43.6 cm³/mol. The molecule has 50 valence electrons. The van der Waals surface area contributed by atoms with Gasteiger partial charge in [-0.25, -0.2) is 0 Å². The number of hydrogen-bond donors (Lipinski definition) is 1. The summed E-state index contributed by atoms with van der Waals surface area (Å²) in [5, 5.41) is 3.21. The fourth-order valence-electron chi connectivity index (χ4n) is 0.891. The summed E-state index contributed by atoms with van der Waals surface area (Å²) in [7, 11) is 0. The summed E-state index contributed by atoms with van der Waals surface area (Å²) in [6, 6.07) is 0.492. The van der Waals surface area contributed by atoms with E-state index in [-0.39, 0.29) is 0 Å². The Hall–Kier alpha value is -0.370.